The normalized spacial score (nSPS) is 16.8. The van der Waals surface area contributed by atoms with Crippen LogP contribution in [0.5, 0.6) is 0 Å². The van der Waals surface area contributed by atoms with Gasteiger partial charge in [0.2, 0.25) is 0 Å². The molecule has 0 radical (unpaired) electrons. The van der Waals surface area contributed by atoms with Gasteiger partial charge < -0.3 is 15.3 Å². The van der Waals surface area contributed by atoms with Gasteiger partial charge in [-0.15, -0.1) is 0 Å². The van der Waals surface area contributed by atoms with Crippen LogP contribution in [0.3, 0.4) is 0 Å². The summed E-state index contributed by atoms with van der Waals surface area (Å²) in [5.41, 5.74) is -1.44. The molecule has 1 aliphatic rings. The van der Waals surface area contributed by atoms with Gasteiger partial charge in [0.25, 0.3) is 5.56 Å². The van der Waals surface area contributed by atoms with E-state index in [0.717, 1.165) is 29.5 Å². The predicted molar refractivity (Wildman–Crippen MR) is 125 cm³/mol. The highest BCUT2D eigenvalue weighted by molar-refractivity contribution is 5.93. The van der Waals surface area contributed by atoms with Crippen LogP contribution < -0.4 is 15.8 Å². The number of hydrogen-bond donors (Lipinski definition) is 2. The summed E-state index contributed by atoms with van der Waals surface area (Å²) in [5.74, 6) is -0.825. The number of fused-ring (bicyclic) bond motifs is 1. The van der Waals surface area contributed by atoms with Crippen LogP contribution >= 0.6 is 0 Å². The number of nitrogens with zero attached hydrogens (tertiary/aromatic N) is 4. The van der Waals surface area contributed by atoms with Crippen molar-refractivity contribution >= 4 is 23.3 Å². The van der Waals surface area contributed by atoms with Gasteiger partial charge in [0.15, 0.2) is 0 Å². The number of aromatic carboxylic acids is 1. The third-order valence-corrected chi connectivity index (χ3v) is 6.40. The molecule has 1 atom stereocenters. The summed E-state index contributed by atoms with van der Waals surface area (Å²) in [6.07, 6.45) is -0.790. The van der Waals surface area contributed by atoms with E-state index >= 15 is 0 Å². The lowest BCUT2D eigenvalue weighted by molar-refractivity contribution is -0.137. The van der Waals surface area contributed by atoms with E-state index in [4.69, 9.17) is 0 Å². The van der Waals surface area contributed by atoms with Gasteiger partial charge in [0.1, 0.15) is 22.8 Å². The molecule has 0 saturated carbocycles. The Labute approximate surface area is 199 Å². The fourth-order valence-electron chi connectivity index (χ4n) is 4.17. The monoisotopic (exact) mass is 489 g/mol. The molecule has 1 aliphatic heterocycles. The van der Waals surface area contributed by atoms with Crippen molar-refractivity contribution in [3.05, 3.63) is 63.7 Å². The molecule has 11 heteroatoms. The quantitative estimate of drug-likeness (QED) is 0.540. The number of pyridine rings is 2. The lowest BCUT2D eigenvalue weighted by atomic mass is 9.83. The molecule has 0 spiro atoms. The molecule has 3 aromatic heterocycles. The number of anilines is 2. The Hall–Kier alpha value is -3.63. The first kappa shape index (κ1) is 24.5. The van der Waals surface area contributed by atoms with Crippen molar-refractivity contribution in [2.75, 3.05) is 23.3 Å². The van der Waals surface area contributed by atoms with E-state index < -0.39 is 29.3 Å². The molecule has 0 aromatic carbocycles. The summed E-state index contributed by atoms with van der Waals surface area (Å²) in [6, 6.07) is 4.14. The topological polar surface area (TPSA) is 99.8 Å². The minimum atomic E-state index is -4.70. The molecule has 0 unspecified atom stereocenters. The van der Waals surface area contributed by atoms with Gasteiger partial charge in [-0.2, -0.15) is 13.2 Å². The molecule has 186 valence electrons. The third-order valence-electron chi connectivity index (χ3n) is 6.40. The molecule has 3 aromatic rings. The number of carboxylic acid groups (broad SMARTS) is 1. The van der Waals surface area contributed by atoms with Crippen molar-refractivity contribution in [2.45, 2.75) is 45.8 Å². The smallest absolute Gasteiger partial charge is 0.417 e. The number of hydrogen-bond acceptors (Lipinski definition) is 6. The zero-order valence-electron chi connectivity index (χ0n) is 19.6. The van der Waals surface area contributed by atoms with Crippen molar-refractivity contribution in [3.63, 3.8) is 0 Å². The Balaban J connectivity index is 1.83. The van der Waals surface area contributed by atoms with Crippen LogP contribution in [0.15, 0.2) is 41.5 Å². The van der Waals surface area contributed by atoms with E-state index in [2.05, 4.69) is 29.1 Å². The second-order valence-electron chi connectivity index (χ2n) is 9.55. The van der Waals surface area contributed by atoms with Gasteiger partial charge >= 0.3 is 12.1 Å². The second-order valence-corrected chi connectivity index (χ2v) is 9.55. The van der Waals surface area contributed by atoms with E-state index in [9.17, 15) is 27.9 Å². The maximum Gasteiger partial charge on any atom is 0.417 e. The van der Waals surface area contributed by atoms with Crippen LogP contribution in [0.25, 0.3) is 5.65 Å². The largest absolute Gasteiger partial charge is 0.478 e. The Kier molecular flexibility index (Phi) is 6.20. The fraction of sp³-hybridized carbons (Fsp3) is 0.417. The average Bonchev–Trinajstić information content (AvgIpc) is 2.78. The first-order valence-corrected chi connectivity index (χ1v) is 11.2. The molecule has 0 aliphatic carbocycles. The van der Waals surface area contributed by atoms with Crippen LogP contribution in [0.2, 0.25) is 0 Å². The summed E-state index contributed by atoms with van der Waals surface area (Å²) in [7, 11) is 0. The van der Waals surface area contributed by atoms with Crippen molar-refractivity contribution in [2.24, 2.45) is 5.41 Å². The van der Waals surface area contributed by atoms with Gasteiger partial charge in [0, 0.05) is 37.1 Å². The fourth-order valence-corrected chi connectivity index (χ4v) is 4.17. The highest BCUT2D eigenvalue weighted by Gasteiger charge is 2.33. The number of nitrogens with one attached hydrogen (secondary N) is 1. The number of alkyl halides is 3. The van der Waals surface area contributed by atoms with Gasteiger partial charge in [-0.3, -0.25) is 9.20 Å². The Morgan fingerprint density at radius 1 is 1.23 bits per heavy atom. The maximum absolute atomic E-state index is 13.7. The molecule has 1 saturated heterocycles. The van der Waals surface area contributed by atoms with Crippen LogP contribution in [-0.2, 0) is 6.18 Å². The zero-order valence-corrected chi connectivity index (χ0v) is 19.6. The molecule has 2 N–H and O–H groups in total. The van der Waals surface area contributed by atoms with Crippen molar-refractivity contribution < 1.29 is 23.1 Å². The van der Waals surface area contributed by atoms with Crippen molar-refractivity contribution in [3.8, 4) is 0 Å². The molecule has 0 amide bonds. The summed E-state index contributed by atoms with van der Waals surface area (Å²) in [4.78, 5) is 35.1. The van der Waals surface area contributed by atoms with E-state index in [1.807, 2.05) is 4.90 Å². The van der Waals surface area contributed by atoms with E-state index in [1.54, 1.807) is 6.92 Å². The van der Waals surface area contributed by atoms with Crippen molar-refractivity contribution in [1.29, 1.82) is 0 Å². The number of piperidine rings is 1. The average molecular weight is 489 g/mol. The van der Waals surface area contributed by atoms with Gasteiger partial charge in [-0.25, -0.2) is 14.8 Å². The Morgan fingerprint density at radius 3 is 2.54 bits per heavy atom. The highest BCUT2D eigenvalue weighted by Crippen LogP contribution is 2.34. The first-order chi connectivity index (χ1) is 16.4. The summed E-state index contributed by atoms with van der Waals surface area (Å²) >= 11 is 0. The predicted octanol–water partition coefficient (Wildman–Crippen LogP) is 4.61. The van der Waals surface area contributed by atoms with Crippen LogP contribution in [0.4, 0.5) is 24.8 Å². The van der Waals surface area contributed by atoms with Gasteiger partial charge in [-0.1, -0.05) is 13.8 Å². The molecule has 35 heavy (non-hydrogen) atoms. The lowest BCUT2D eigenvalue weighted by Crippen LogP contribution is -2.38. The number of carbonyl (C=O) groups is 1. The number of halogens is 3. The highest BCUT2D eigenvalue weighted by atomic mass is 19.4. The summed E-state index contributed by atoms with van der Waals surface area (Å²) < 4.78 is 41.9. The zero-order chi connectivity index (χ0) is 25.5. The van der Waals surface area contributed by atoms with E-state index in [0.29, 0.717) is 18.9 Å². The van der Waals surface area contributed by atoms with Crippen LogP contribution in [-0.4, -0.2) is 38.5 Å². The Bertz CT molecular complexity index is 1330. The molecule has 4 heterocycles. The minimum absolute atomic E-state index is 0.000162. The standard InChI is InChI=1S/C24H26F3N5O3/c1-14(29-20-16(22(34)35)5-4-8-28-20)17-11-15(24(25,26)27)13-32-19(33)12-18(30-21(17)32)31-9-6-23(2,3)7-10-31/h4-5,8,11-14H,6-7,9-10H2,1-3H3,(H,28,29)(H,34,35)/t14-/m1/s1. The third kappa shape index (κ3) is 5.08. The van der Waals surface area contributed by atoms with E-state index in [1.165, 1.54) is 24.4 Å². The van der Waals surface area contributed by atoms with Gasteiger partial charge in [0.05, 0.1) is 11.6 Å². The summed E-state index contributed by atoms with van der Waals surface area (Å²) in [6.45, 7) is 7.25. The SMILES string of the molecule is C[C@@H](Nc1ncccc1C(=O)O)c1cc(C(F)(F)F)cn2c(=O)cc(N3CCC(C)(C)CC3)nc12. The molecule has 1 fully saturated rings. The molecular formula is C24H26F3N5O3. The van der Waals surface area contributed by atoms with Gasteiger partial charge in [-0.05, 0) is 43.4 Å². The first-order valence-electron chi connectivity index (χ1n) is 11.2. The van der Waals surface area contributed by atoms with Crippen LogP contribution in [0, 0.1) is 5.41 Å². The molecule has 0 bridgehead atoms. The number of rotatable bonds is 5. The Morgan fingerprint density at radius 2 is 1.91 bits per heavy atom. The number of carboxylic acids is 1. The van der Waals surface area contributed by atoms with Crippen LogP contribution in [0.1, 0.15) is 61.1 Å². The maximum atomic E-state index is 13.7. The molecule has 8 nitrogen and oxygen atoms in total. The molecule has 4 rings (SSSR count). The second kappa shape index (κ2) is 8.86. The number of aromatic nitrogens is 3. The summed E-state index contributed by atoms with van der Waals surface area (Å²) in [5, 5.41) is 12.3. The van der Waals surface area contributed by atoms with E-state index in [-0.39, 0.29) is 28.0 Å². The minimum Gasteiger partial charge on any atom is -0.478 e. The molecular weight excluding hydrogens is 463 g/mol. The lowest BCUT2D eigenvalue weighted by Gasteiger charge is -2.37. The van der Waals surface area contributed by atoms with Crippen molar-refractivity contribution in [1.82, 2.24) is 14.4 Å².